The number of ether oxygens (including phenoxy) is 2. The van der Waals surface area contributed by atoms with Gasteiger partial charge in [0, 0.05) is 23.0 Å². The summed E-state index contributed by atoms with van der Waals surface area (Å²) < 4.78 is 12.5. The lowest BCUT2D eigenvalue weighted by atomic mass is 10.2. The third kappa shape index (κ3) is 3.87. The van der Waals surface area contributed by atoms with Crippen molar-refractivity contribution in [2.75, 3.05) is 18.5 Å². The van der Waals surface area contributed by atoms with Crippen molar-refractivity contribution in [2.24, 2.45) is 0 Å². The molecule has 0 aliphatic carbocycles. The molecule has 2 aromatic carbocycles. The lowest BCUT2D eigenvalue weighted by Crippen LogP contribution is -2.29. The van der Waals surface area contributed by atoms with Crippen molar-refractivity contribution in [3.05, 3.63) is 87.3 Å². The van der Waals surface area contributed by atoms with Gasteiger partial charge in [-0.05, 0) is 42.0 Å². The molecule has 0 fully saturated rings. The average molecular weight is 397 g/mol. The third-order valence-electron chi connectivity index (χ3n) is 4.33. The summed E-state index contributed by atoms with van der Waals surface area (Å²) in [5.41, 5.74) is 1.14. The van der Waals surface area contributed by atoms with Crippen molar-refractivity contribution >= 4 is 23.2 Å². The Morgan fingerprint density at radius 3 is 2.57 bits per heavy atom. The maximum atomic E-state index is 12.7. The Bertz CT molecular complexity index is 1080. The predicted molar refractivity (Wildman–Crippen MR) is 107 cm³/mol. The number of aromatic nitrogens is 1. The minimum absolute atomic E-state index is 0.0614. The molecule has 1 amide bonds. The summed E-state index contributed by atoms with van der Waals surface area (Å²) >= 11 is 5.90. The van der Waals surface area contributed by atoms with Crippen molar-refractivity contribution in [2.45, 2.75) is 6.54 Å². The highest BCUT2D eigenvalue weighted by Crippen LogP contribution is 2.32. The van der Waals surface area contributed by atoms with Crippen molar-refractivity contribution in [3.63, 3.8) is 0 Å². The van der Waals surface area contributed by atoms with Gasteiger partial charge < -0.3 is 19.4 Å². The van der Waals surface area contributed by atoms with E-state index in [9.17, 15) is 9.59 Å². The largest absolute Gasteiger partial charge is 0.486 e. The molecule has 7 heteroatoms. The second-order valence-corrected chi connectivity index (χ2v) is 6.73. The first-order valence-electron chi connectivity index (χ1n) is 8.75. The summed E-state index contributed by atoms with van der Waals surface area (Å²) in [6, 6.07) is 15.5. The van der Waals surface area contributed by atoms with E-state index in [2.05, 4.69) is 5.32 Å². The topological polar surface area (TPSA) is 69.6 Å². The fraction of sp³-hybridized carbons (Fsp3) is 0.143. The lowest BCUT2D eigenvalue weighted by molar-refractivity contribution is 0.102. The van der Waals surface area contributed by atoms with Gasteiger partial charge in [-0.1, -0.05) is 23.7 Å². The second kappa shape index (κ2) is 7.78. The summed E-state index contributed by atoms with van der Waals surface area (Å²) in [7, 11) is 0. The molecule has 0 atom stereocenters. The molecule has 0 bridgehead atoms. The van der Waals surface area contributed by atoms with Gasteiger partial charge in [-0.15, -0.1) is 0 Å². The molecule has 2 heterocycles. The molecule has 1 aliphatic heterocycles. The summed E-state index contributed by atoms with van der Waals surface area (Å²) in [5.74, 6) is 0.721. The Morgan fingerprint density at radius 2 is 1.79 bits per heavy atom. The highest BCUT2D eigenvalue weighted by Gasteiger charge is 2.16. The zero-order chi connectivity index (χ0) is 19.5. The number of pyridine rings is 1. The van der Waals surface area contributed by atoms with Crippen LogP contribution in [0.2, 0.25) is 5.02 Å². The van der Waals surface area contributed by atoms with Gasteiger partial charge in [-0.25, -0.2) is 0 Å². The van der Waals surface area contributed by atoms with Crippen molar-refractivity contribution in [1.29, 1.82) is 0 Å². The van der Waals surface area contributed by atoms with Gasteiger partial charge in [0.25, 0.3) is 11.5 Å². The van der Waals surface area contributed by atoms with E-state index in [0.717, 1.165) is 5.56 Å². The number of nitrogens with zero attached hydrogens (tertiary/aromatic N) is 1. The van der Waals surface area contributed by atoms with Crippen molar-refractivity contribution in [3.8, 4) is 11.5 Å². The molecule has 1 aromatic heterocycles. The molecule has 142 valence electrons. The molecule has 6 nitrogen and oxygen atoms in total. The minimum Gasteiger partial charge on any atom is -0.486 e. The van der Waals surface area contributed by atoms with E-state index in [1.165, 1.54) is 10.6 Å². The van der Waals surface area contributed by atoms with Crippen LogP contribution in [-0.4, -0.2) is 23.7 Å². The Labute approximate surface area is 166 Å². The molecule has 1 aliphatic rings. The van der Waals surface area contributed by atoms with Crippen LogP contribution in [0.4, 0.5) is 5.69 Å². The Balaban J connectivity index is 1.54. The van der Waals surface area contributed by atoms with E-state index >= 15 is 0 Å². The number of fused-ring (bicyclic) bond motifs is 1. The van der Waals surface area contributed by atoms with Gasteiger partial charge in [0.15, 0.2) is 11.5 Å². The SMILES string of the molecule is O=C(Nc1ccc2c(c1)OCCO2)c1cccn(Cc2ccc(Cl)cc2)c1=O. The smallest absolute Gasteiger partial charge is 0.263 e. The monoisotopic (exact) mass is 396 g/mol. The maximum Gasteiger partial charge on any atom is 0.263 e. The van der Waals surface area contributed by atoms with Crippen LogP contribution >= 0.6 is 11.6 Å². The molecule has 28 heavy (non-hydrogen) atoms. The van der Waals surface area contributed by atoms with Crippen LogP contribution in [-0.2, 0) is 6.54 Å². The third-order valence-corrected chi connectivity index (χ3v) is 4.58. The molecule has 0 saturated carbocycles. The summed E-state index contributed by atoms with van der Waals surface area (Å²) in [4.78, 5) is 25.4. The fourth-order valence-corrected chi connectivity index (χ4v) is 3.07. The number of rotatable bonds is 4. The first kappa shape index (κ1) is 18.1. The predicted octanol–water partition coefficient (Wildman–Crippen LogP) is 3.57. The number of hydrogen-bond donors (Lipinski definition) is 1. The molecule has 0 unspecified atom stereocenters. The van der Waals surface area contributed by atoms with Crippen LogP contribution in [0.3, 0.4) is 0 Å². The van der Waals surface area contributed by atoms with Crippen LogP contribution in [0, 0.1) is 0 Å². The second-order valence-electron chi connectivity index (χ2n) is 6.29. The van der Waals surface area contributed by atoms with Gasteiger partial charge in [-0.2, -0.15) is 0 Å². The average Bonchev–Trinajstić information content (AvgIpc) is 2.71. The zero-order valence-electron chi connectivity index (χ0n) is 14.9. The molecular weight excluding hydrogens is 380 g/mol. The molecular formula is C21H17ClN2O4. The Hall–Kier alpha value is -3.25. The number of hydrogen-bond acceptors (Lipinski definition) is 4. The highest BCUT2D eigenvalue weighted by atomic mass is 35.5. The van der Waals surface area contributed by atoms with Crippen molar-refractivity contribution < 1.29 is 14.3 Å². The van der Waals surface area contributed by atoms with Crippen LogP contribution < -0.4 is 20.3 Å². The van der Waals surface area contributed by atoms with E-state index in [-0.39, 0.29) is 11.1 Å². The number of carbonyl (C=O) groups excluding carboxylic acids is 1. The molecule has 0 radical (unpaired) electrons. The number of nitrogens with one attached hydrogen (secondary N) is 1. The van der Waals surface area contributed by atoms with Crippen LogP contribution in [0.1, 0.15) is 15.9 Å². The first-order chi connectivity index (χ1) is 13.6. The lowest BCUT2D eigenvalue weighted by Gasteiger charge is -2.19. The van der Waals surface area contributed by atoms with Gasteiger partial charge >= 0.3 is 0 Å². The van der Waals surface area contributed by atoms with Gasteiger partial charge in [0.1, 0.15) is 18.8 Å². The normalized spacial score (nSPS) is 12.5. The standard InChI is InChI=1S/C21H17ClN2O4/c22-15-5-3-14(4-6-15)13-24-9-1-2-17(21(24)26)20(25)23-16-7-8-18-19(12-16)28-11-10-27-18/h1-9,12H,10-11,13H2,(H,23,25). The Morgan fingerprint density at radius 1 is 1.04 bits per heavy atom. The van der Waals surface area contributed by atoms with E-state index in [1.807, 2.05) is 12.1 Å². The number of halogens is 1. The molecule has 0 saturated heterocycles. The minimum atomic E-state index is -0.480. The van der Waals surface area contributed by atoms with Gasteiger partial charge in [-0.3, -0.25) is 9.59 Å². The van der Waals surface area contributed by atoms with Gasteiger partial charge in [0.05, 0.1) is 6.54 Å². The van der Waals surface area contributed by atoms with Crippen LogP contribution in [0.5, 0.6) is 11.5 Å². The highest BCUT2D eigenvalue weighted by molar-refractivity contribution is 6.30. The number of carbonyl (C=O) groups is 1. The molecule has 4 rings (SSSR count). The van der Waals surface area contributed by atoms with Gasteiger partial charge in [0.2, 0.25) is 0 Å². The number of anilines is 1. The van der Waals surface area contributed by atoms with Crippen molar-refractivity contribution in [1.82, 2.24) is 4.57 Å². The zero-order valence-corrected chi connectivity index (χ0v) is 15.6. The van der Waals surface area contributed by atoms with Crippen LogP contribution in [0.25, 0.3) is 0 Å². The van der Waals surface area contributed by atoms with Crippen LogP contribution in [0.15, 0.2) is 65.6 Å². The molecule has 1 N–H and O–H groups in total. The van der Waals surface area contributed by atoms with E-state index < -0.39 is 5.91 Å². The Kier molecular flexibility index (Phi) is 5.04. The molecule has 0 spiro atoms. The fourth-order valence-electron chi connectivity index (χ4n) is 2.94. The number of amides is 1. The quantitative estimate of drug-likeness (QED) is 0.732. The summed E-state index contributed by atoms with van der Waals surface area (Å²) in [6.07, 6.45) is 1.65. The van der Waals surface area contributed by atoms with E-state index in [0.29, 0.717) is 42.0 Å². The number of benzene rings is 2. The molecule has 3 aromatic rings. The summed E-state index contributed by atoms with van der Waals surface area (Å²) in [5, 5.41) is 3.37. The summed E-state index contributed by atoms with van der Waals surface area (Å²) in [6.45, 7) is 1.30. The van der Waals surface area contributed by atoms with E-state index in [4.69, 9.17) is 21.1 Å². The van der Waals surface area contributed by atoms with E-state index in [1.54, 1.807) is 42.6 Å². The maximum absolute atomic E-state index is 12.7. The first-order valence-corrected chi connectivity index (χ1v) is 9.13.